The first kappa shape index (κ1) is 20.0. The minimum Gasteiger partial charge on any atom is -0.348 e. The van der Waals surface area contributed by atoms with Crippen molar-refractivity contribution in [1.29, 1.82) is 0 Å². The van der Waals surface area contributed by atoms with E-state index in [2.05, 4.69) is 15.6 Å². The van der Waals surface area contributed by atoms with Crippen LogP contribution in [0.3, 0.4) is 0 Å². The van der Waals surface area contributed by atoms with Crippen molar-refractivity contribution in [2.24, 2.45) is 0 Å². The van der Waals surface area contributed by atoms with E-state index in [4.69, 9.17) is 0 Å². The van der Waals surface area contributed by atoms with E-state index in [0.717, 1.165) is 19.3 Å². The fourth-order valence-corrected chi connectivity index (χ4v) is 3.91. The molecule has 3 amide bonds. The first-order chi connectivity index (χ1) is 13.5. The zero-order chi connectivity index (χ0) is 19.9. The highest BCUT2D eigenvalue weighted by atomic mass is 32.1. The SMILES string of the molecule is CC(=O)Nc1nc(C(=O)NC2CCN(C(=O)CCc3ccccc3)CC2)cs1. The van der Waals surface area contributed by atoms with E-state index in [-0.39, 0.29) is 23.8 Å². The molecule has 1 aromatic carbocycles. The molecule has 0 bridgehead atoms. The number of carbonyl (C=O) groups excluding carboxylic acids is 3. The molecule has 0 spiro atoms. The van der Waals surface area contributed by atoms with Gasteiger partial charge in [-0.05, 0) is 24.8 Å². The Labute approximate surface area is 168 Å². The number of benzene rings is 1. The Morgan fingerprint density at radius 3 is 2.57 bits per heavy atom. The van der Waals surface area contributed by atoms with E-state index in [9.17, 15) is 14.4 Å². The van der Waals surface area contributed by atoms with Gasteiger partial charge in [-0.25, -0.2) is 4.98 Å². The molecule has 1 saturated heterocycles. The molecule has 1 aromatic heterocycles. The molecule has 8 heteroatoms. The van der Waals surface area contributed by atoms with Gasteiger partial charge in [0.15, 0.2) is 5.13 Å². The first-order valence-electron chi connectivity index (χ1n) is 9.37. The molecule has 3 rings (SSSR count). The number of aromatic nitrogens is 1. The van der Waals surface area contributed by atoms with E-state index in [1.807, 2.05) is 35.2 Å². The van der Waals surface area contributed by atoms with Crippen molar-refractivity contribution in [3.8, 4) is 0 Å². The third-order valence-electron chi connectivity index (χ3n) is 4.67. The molecule has 7 nitrogen and oxygen atoms in total. The van der Waals surface area contributed by atoms with Gasteiger partial charge in [0, 0.05) is 37.9 Å². The number of nitrogens with one attached hydrogen (secondary N) is 2. The van der Waals surface area contributed by atoms with Crippen LogP contribution >= 0.6 is 11.3 Å². The van der Waals surface area contributed by atoms with Crippen molar-refractivity contribution < 1.29 is 14.4 Å². The Bertz CT molecular complexity index is 829. The fourth-order valence-electron chi connectivity index (χ4n) is 3.17. The van der Waals surface area contributed by atoms with E-state index >= 15 is 0 Å². The van der Waals surface area contributed by atoms with Crippen LogP contribution in [0.15, 0.2) is 35.7 Å². The molecule has 2 heterocycles. The number of aryl methyl sites for hydroxylation is 1. The van der Waals surface area contributed by atoms with E-state index < -0.39 is 0 Å². The molecule has 0 atom stereocenters. The Morgan fingerprint density at radius 2 is 1.89 bits per heavy atom. The molecule has 148 valence electrons. The highest BCUT2D eigenvalue weighted by Crippen LogP contribution is 2.17. The van der Waals surface area contributed by atoms with Crippen LogP contribution in [0.5, 0.6) is 0 Å². The number of thiazole rings is 1. The van der Waals surface area contributed by atoms with Crippen LogP contribution in [-0.2, 0) is 16.0 Å². The molecular weight excluding hydrogens is 376 g/mol. The van der Waals surface area contributed by atoms with Crippen molar-refractivity contribution in [3.63, 3.8) is 0 Å². The van der Waals surface area contributed by atoms with Crippen LogP contribution in [0.25, 0.3) is 0 Å². The lowest BCUT2D eigenvalue weighted by Crippen LogP contribution is -2.46. The molecule has 2 aromatic rings. The lowest BCUT2D eigenvalue weighted by Gasteiger charge is -2.32. The van der Waals surface area contributed by atoms with E-state index in [0.29, 0.717) is 30.3 Å². The summed E-state index contributed by atoms with van der Waals surface area (Å²) in [5.74, 6) is -0.305. The average molecular weight is 401 g/mol. The molecule has 1 aliphatic heterocycles. The van der Waals surface area contributed by atoms with Crippen molar-refractivity contribution in [2.75, 3.05) is 18.4 Å². The number of hydrogen-bond acceptors (Lipinski definition) is 5. The summed E-state index contributed by atoms with van der Waals surface area (Å²) in [6.07, 6.45) is 2.71. The molecule has 0 radical (unpaired) electrons. The summed E-state index contributed by atoms with van der Waals surface area (Å²) in [5, 5.41) is 7.58. The van der Waals surface area contributed by atoms with Crippen LogP contribution < -0.4 is 10.6 Å². The minimum atomic E-state index is -0.248. The van der Waals surface area contributed by atoms with Gasteiger partial charge in [-0.15, -0.1) is 11.3 Å². The van der Waals surface area contributed by atoms with Crippen LogP contribution in [0.2, 0.25) is 0 Å². The highest BCUT2D eigenvalue weighted by molar-refractivity contribution is 7.14. The largest absolute Gasteiger partial charge is 0.348 e. The minimum absolute atomic E-state index is 0.0246. The smallest absolute Gasteiger partial charge is 0.271 e. The Morgan fingerprint density at radius 1 is 1.18 bits per heavy atom. The molecule has 1 fully saturated rings. The second kappa shape index (κ2) is 9.45. The summed E-state index contributed by atoms with van der Waals surface area (Å²) in [6, 6.07) is 10.0. The van der Waals surface area contributed by atoms with Crippen LogP contribution in [0.1, 0.15) is 42.2 Å². The predicted molar refractivity (Wildman–Crippen MR) is 108 cm³/mol. The summed E-state index contributed by atoms with van der Waals surface area (Å²) in [6.45, 7) is 2.69. The van der Waals surface area contributed by atoms with Gasteiger partial charge in [0.1, 0.15) is 5.69 Å². The second-order valence-corrected chi connectivity index (χ2v) is 7.69. The van der Waals surface area contributed by atoms with Crippen molar-refractivity contribution >= 4 is 34.2 Å². The van der Waals surface area contributed by atoms with Crippen LogP contribution in [-0.4, -0.2) is 46.7 Å². The molecule has 0 aliphatic carbocycles. The summed E-state index contributed by atoms with van der Waals surface area (Å²) < 4.78 is 0. The van der Waals surface area contributed by atoms with Crippen molar-refractivity contribution in [3.05, 3.63) is 47.0 Å². The lowest BCUT2D eigenvalue weighted by molar-refractivity contribution is -0.132. The quantitative estimate of drug-likeness (QED) is 0.779. The van der Waals surface area contributed by atoms with Crippen molar-refractivity contribution in [2.45, 2.75) is 38.6 Å². The van der Waals surface area contributed by atoms with Gasteiger partial charge < -0.3 is 15.5 Å². The number of likely N-dealkylation sites (tertiary alicyclic amines) is 1. The highest BCUT2D eigenvalue weighted by Gasteiger charge is 2.24. The normalized spacial score (nSPS) is 14.5. The number of rotatable bonds is 6. The molecule has 0 saturated carbocycles. The molecular formula is C20H24N4O3S. The number of amides is 3. The summed E-state index contributed by atoms with van der Waals surface area (Å²) in [7, 11) is 0. The van der Waals surface area contributed by atoms with Gasteiger partial charge in [-0.1, -0.05) is 30.3 Å². The Kier molecular flexibility index (Phi) is 6.76. The molecule has 28 heavy (non-hydrogen) atoms. The third kappa shape index (κ3) is 5.63. The average Bonchev–Trinajstić information content (AvgIpc) is 3.15. The van der Waals surface area contributed by atoms with Gasteiger partial charge in [0.05, 0.1) is 0 Å². The summed E-state index contributed by atoms with van der Waals surface area (Å²) in [5.41, 5.74) is 1.47. The van der Waals surface area contributed by atoms with Crippen LogP contribution in [0.4, 0.5) is 5.13 Å². The van der Waals surface area contributed by atoms with Gasteiger partial charge in [-0.2, -0.15) is 0 Å². The monoisotopic (exact) mass is 400 g/mol. The van der Waals surface area contributed by atoms with Gasteiger partial charge in [0.25, 0.3) is 5.91 Å². The van der Waals surface area contributed by atoms with Crippen molar-refractivity contribution in [1.82, 2.24) is 15.2 Å². The standard InChI is InChI=1S/C20H24N4O3S/c1-14(25)21-20-23-17(13-28-20)19(27)22-16-9-11-24(12-10-16)18(26)8-7-15-5-3-2-4-6-15/h2-6,13,16H,7-12H2,1H3,(H,22,27)(H,21,23,25). The number of nitrogens with zero attached hydrogens (tertiary/aromatic N) is 2. The maximum atomic E-state index is 12.4. The molecule has 2 N–H and O–H groups in total. The predicted octanol–water partition coefficient (Wildman–Crippen LogP) is 2.46. The zero-order valence-corrected chi connectivity index (χ0v) is 16.6. The lowest BCUT2D eigenvalue weighted by atomic mass is 10.0. The molecule has 0 unspecified atom stereocenters. The Hall–Kier alpha value is -2.74. The third-order valence-corrected chi connectivity index (χ3v) is 5.43. The fraction of sp³-hybridized carbons (Fsp3) is 0.400. The van der Waals surface area contributed by atoms with Crippen LogP contribution in [0, 0.1) is 0 Å². The maximum absolute atomic E-state index is 12.4. The summed E-state index contributed by atoms with van der Waals surface area (Å²) in [4.78, 5) is 41.8. The number of carbonyl (C=O) groups is 3. The topological polar surface area (TPSA) is 91.4 Å². The first-order valence-corrected chi connectivity index (χ1v) is 10.2. The van der Waals surface area contributed by atoms with E-state index in [1.54, 1.807) is 5.38 Å². The van der Waals surface area contributed by atoms with E-state index in [1.165, 1.54) is 23.8 Å². The number of piperidine rings is 1. The maximum Gasteiger partial charge on any atom is 0.271 e. The molecule has 1 aliphatic rings. The second-order valence-electron chi connectivity index (χ2n) is 6.83. The van der Waals surface area contributed by atoms with Gasteiger partial charge >= 0.3 is 0 Å². The summed E-state index contributed by atoms with van der Waals surface area (Å²) >= 11 is 1.22. The zero-order valence-electron chi connectivity index (χ0n) is 15.8. The number of hydrogen-bond donors (Lipinski definition) is 2. The van der Waals surface area contributed by atoms with Gasteiger partial charge in [0.2, 0.25) is 11.8 Å². The van der Waals surface area contributed by atoms with Gasteiger partial charge in [-0.3, -0.25) is 14.4 Å². The Balaban J connectivity index is 1.42. The number of anilines is 1.